The van der Waals surface area contributed by atoms with Crippen LogP contribution in [-0.4, -0.2) is 44.9 Å². The first kappa shape index (κ1) is 14.1. The summed E-state index contributed by atoms with van der Waals surface area (Å²) in [6, 6.07) is 0. The van der Waals surface area contributed by atoms with Gasteiger partial charge in [0.1, 0.15) is 5.82 Å². The van der Waals surface area contributed by atoms with E-state index < -0.39 is 5.97 Å². The Hall–Kier alpha value is -1.98. The molecule has 0 saturated heterocycles. The predicted octanol–water partition coefficient (Wildman–Crippen LogP) is 0.894. The average Bonchev–Trinajstić information content (AvgIpc) is 2.30. The van der Waals surface area contributed by atoms with Gasteiger partial charge in [-0.05, 0) is 20.8 Å². The molecule has 0 aliphatic rings. The summed E-state index contributed by atoms with van der Waals surface area (Å²) < 4.78 is 0. The highest BCUT2D eigenvalue weighted by Crippen LogP contribution is 2.05. The lowest BCUT2D eigenvalue weighted by molar-refractivity contribution is -0.130. The fraction of sp³-hybridized carbons (Fsp3) is 0.500. The van der Waals surface area contributed by atoms with Crippen molar-refractivity contribution in [2.75, 3.05) is 13.1 Å². The van der Waals surface area contributed by atoms with E-state index in [1.165, 1.54) is 6.20 Å². The Bertz CT molecular complexity index is 456. The van der Waals surface area contributed by atoms with Crippen molar-refractivity contribution < 1.29 is 14.7 Å². The number of amides is 1. The Morgan fingerprint density at radius 1 is 1.33 bits per heavy atom. The van der Waals surface area contributed by atoms with Gasteiger partial charge >= 0.3 is 5.97 Å². The summed E-state index contributed by atoms with van der Waals surface area (Å²) in [6.07, 6.45) is 1.35. The lowest BCUT2D eigenvalue weighted by atomic mass is 10.2. The number of hydrogen-bond acceptors (Lipinski definition) is 4. The van der Waals surface area contributed by atoms with Crippen LogP contribution in [0.3, 0.4) is 0 Å². The second-order valence-corrected chi connectivity index (χ2v) is 3.83. The van der Waals surface area contributed by atoms with Crippen molar-refractivity contribution in [2.45, 2.75) is 27.2 Å². The molecule has 6 nitrogen and oxygen atoms in total. The molecule has 0 atom stereocenters. The molecule has 1 aromatic heterocycles. The number of aromatic nitrogens is 2. The quantitative estimate of drug-likeness (QED) is 0.840. The highest BCUT2D eigenvalue weighted by Gasteiger charge is 2.14. The van der Waals surface area contributed by atoms with E-state index >= 15 is 0 Å². The maximum Gasteiger partial charge on any atom is 0.339 e. The van der Waals surface area contributed by atoms with Crippen LogP contribution in [0.15, 0.2) is 6.20 Å². The van der Waals surface area contributed by atoms with Crippen molar-refractivity contribution >= 4 is 11.9 Å². The number of nitrogens with zero attached hydrogens (tertiary/aromatic N) is 3. The molecule has 98 valence electrons. The van der Waals surface area contributed by atoms with Crippen LogP contribution in [0.4, 0.5) is 0 Å². The van der Waals surface area contributed by atoms with Gasteiger partial charge in [0.15, 0.2) is 0 Å². The van der Waals surface area contributed by atoms with Crippen molar-refractivity contribution in [2.24, 2.45) is 0 Å². The van der Waals surface area contributed by atoms with Crippen LogP contribution in [-0.2, 0) is 11.2 Å². The number of hydrogen-bond donors (Lipinski definition) is 1. The topological polar surface area (TPSA) is 83.4 Å². The minimum Gasteiger partial charge on any atom is -0.478 e. The van der Waals surface area contributed by atoms with Gasteiger partial charge in [-0.3, -0.25) is 4.79 Å². The van der Waals surface area contributed by atoms with Gasteiger partial charge in [0.05, 0.1) is 17.7 Å². The molecule has 1 aromatic rings. The van der Waals surface area contributed by atoms with Gasteiger partial charge in [-0.15, -0.1) is 0 Å². The monoisotopic (exact) mass is 251 g/mol. The molecule has 6 heteroatoms. The van der Waals surface area contributed by atoms with Crippen LogP contribution in [0.5, 0.6) is 0 Å². The number of likely N-dealkylation sites (N-methyl/N-ethyl adjacent to an activating group) is 1. The normalized spacial score (nSPS) is 10.2. The second kappa shape index (κ2) is 6.09. The number of carboxylic acids is 1. The van der Waals surface area contributed by atoms with Crippen molar-refractivity contribution in [3.8, 4) is 0 Å². The van der Waals surface area contributed by atoms with Crippen LogP contribution in [0.2, 0.25) is 0 Å². The van der Waals surface area contributed by atoms with Gasteiger partial charge in [-0.1, -0.05) is 0 Å². The Labute approximate surface area is 106 Å². The standard InChI is InChI=1S/C12H17N3O3/c1-4-15(5-2)11(16)6-10-13-7-9(12(17)18)8(3)14-10/h7H,4-6H2,1-3H3,(H,17,18). The van der Waals surface area contributed by atoms with Crippen LogP contribution in [0.1, 0.15) is 35.7 Å². The van der Waals surface area contributed by atoms with Crippen molar-refractivity contribution in [1.82, 2.24) is 14.9 Å². The third kappa shape index (κ3) is 3.26. The molecule has 0 aromatic carbocycles. The maximum atomic E-state index is 11.8. The number of carboxylic acid groups (broad SMARTS) is 1. The summed E-state index contributed by atoms with van der Waals surface area (Å²) in [7, 11) is 0. The lowest BCUT2D eigenvalue weighted by Crippen LogP contribution is -2.32. The Kier molecular flexibility index (Phi) is 4.76. The minimum absolute atomic E-state index is 0.0533. The zero-order chi connectivity index (χ0) is 13.7. The van der Waals surface area contributed by atoms with E-state index in [2.05, 4.69) is 9.97 Å². The zero-order valence-corrected chi connectivity index (χ0v) is 10.8. The first-order valence-electron chi connectivity index (χ1n) is 5.83. The van der Waals surface area contributed by atoms with E-state index in [1.807, 2.05) is 13.8 Å². The van der Waals surface area contributed by atoms with Crippen LogP contribution in [0.25, 0.3) is 0 Å². The lowest BCUT2D eigenvalue weighted by Gasteiger charge is -2.18. The summed E-state index contributed by atoms with van der Waals surface area (Å²) in [5.74, 6) is -0.758. The first-order chi connectivity index (χ1) is 8.49. The van der Waals surface area contributed by atoms with E-state index in [9.17, 15) is 9.59 Å². The second-order valence-electron chi connectivity index (χ2n) is 3.83. The molecule has 1 rings (SSSR count). The highest BCUT2D eigenvalue weighted by molar-refractivity contribution is 5.88. The Morgan fingerprint density at radius 2 is 1.94 bits per heavy atom. The summed E-state index contributed by atoms with van der Waals surface area (Å²) >= 11 is 0. The molecule has 0 aliphatic heterocycles. The number of aryl methyl sites for hydroxylation is 1. The highest BCUT2D eigenvalue weighted by atomic mass is 16.4. The number of carbonyl (C=O) groups is 2. The zero-order valence-electron chi connectivity index (χ0n) is 10.8. The first-order valence-corrected chi connectivity index (χ1v) is 5.83. The van der Waals surface area contributed by atoms with Gasteiger partial charge in [0.25, 0.3) is 0 Å². The average molecular weight is 251 g/mol. The molecule has 1 N–H and O–H groups in total. The van der Waals surface area contributed by atoms with Gasteiger partial charge < -0.3 is 10.0 Å². The van der Waals surface area contributed by atoms with Crippen molar-refractivity contribution in [3.63, 3.8) is 0 Å². The molecule has 0 radical (unpaired) electrons. The Morgan fingerprint density at radius 3 is 2.39 bits per heavy atom. The van der Waals surface area contributed by atoms with Crippen LogP contribution in [0, 0.1) is 6.92 Å². The van der Waals surface area contributed by atoms with Crippen molar-refractivity contribution in [1.29, 1.82) is 0 Å². The smallest absolute Gasteiger partial charge is 0.339 e. The fourth-order valence-electron chi connectivity index (χ4n) is 1.63. The SMILES string of the molecule is CCN(CC)C(=O)Cc1ncc(C(=O)O)c(C)n1. The summed E-state index contributed by atoms with van der Waals surface area (Å²) in [6.45, 7) is 6.68. The summed E-state index contributed by atoms with van der Waals surface area (Å²) in [4.78, 5) is 32.3. The molecule has 0 spiro atoms. The molecule has 18 heavy (non-hydrogen) atoms. The van der Waals surface area contributed by atoms with E-state index in [4.69, 9.17) is 5.11 Å². The van der Waals surface area contributed by atoms with Gasteiger partial charge in [0, 0.05) is 19.3 Å². The molecular formula is C12H17N3O3. The number of rotatable bonds is 5. The summed E-state index contributed by atoms with van der Waals surface area (Å²) in [5.41, 5.74) is 0.439. The van der Waals surface area contributed by atoms with Gasteiger partial charge in [-0.25, -0.2) is 14.8 Å². The molecule has 0 saturated carbocycles. The molecule has 1 amide bonds. The van der Waals surface area contributed by atoms with Gasteiger partial charge in [-0.2, -0.15) is 0 Å². The molecular weight excluding hydrogens is 234 g/mol. The fourth-order valence-corrected chi connectivity index (χ4v) is 1.63. The minimum atomic E-state index is -1.06. The largest absolute Gasteiger partial charge is 0.478 e. The molecule has 0 unspecified atom stereocenters. The maximum absolute atomic E-state index is 11.8. The van der Waals surface area contributed by atoms with Crippen LogP contribution < -0.4 is 0 Å². The predicted molar refractivity (Wildman–Crippen MR) is 65.4 cm³/mol. The van der Waals surface area contributed by atoms with E-state index in [0.717, 1.165) is 0 Å². The molecule has 0 aliphatic carbocycles. The van der Waals surface area contributed by atoms with Gasteiger partial charge in [0.2, 0.25) is 5.91 Å². The van der Waals surface area contributed by atoms with E-state index in [0.29, 0.717) is 24.6 Å². The Balaban J connectivity index is 2.83. The summed E-state index contributed by atoms with van der Waals surface area (Å²) in [5, 5.41) is 8.85. The number of carbonyl (C=O) groups excluding carboxylic acids is 1. The number of aromatic carboxylic acids is 1. The molecule has 0 bridgehead atoms. The van der Waals surface area contributed by atoms with Crippen molar-refractivity contribution in [3.05, 3.63) is 23.3 Å². The molecule has 0 fully saturated rings. The molecule has 1 heterocycles. The van der Waals surface area contributed by atoms with E-state index in [-0.39, 0.29) is 17.9 Å². The van der Waals surface area contributed by atoms with E-state index in [1.54, 1.807) is 11.8 Å². The third-order valence-corrected chi connectivity index (χ3v) is 2.69. The third-order valence-electron chi connectivity index (χ3n) is 2.69. The van der Waals surface area contributed by atoms with Crippen LogP contribution >= 0.6 is 0 Å².